The van der Waals surface area contributed by atoms with Gasteiger partial charge in [-0.1, -0.05) is 0 Å². The lowest BCUT2D eigenvalue weighted by molar-refractivity contribution is -0.771. The Morgan fingerprint density at radius 2 is 2.50 bits per heavy atom. The summed E-state index contributed by atoms with van der Waals surface area (Å²) in [6, 6.07) is 0. The number of rotatable bonds is 2. The highest BCUT2D eigenvalue weighted by atomic mass is 32.1. The third kappa shape index (κ3) is 4.89. The minimum Gasteiger partial charge on any atom is -0.375 e. The van der Waals surface area contributed by atoms with Crippen LogP contribution in [0.2, 0.25) is 0 Å². The molecular formula is CH3N3O3S. The van der Waals surface area contributed by atoms with Gasteiger partial charge < -0.3 is 5.73 Å². The van der Waals surface area contributed by atoms with E-state index in [0.29, 0.717) is 0 Å². The Hall–Kier alpha value is -1.11. The normalized spacial score (nSPS) is 7.50. The summed E-state index contributed by atoms with van der Waals surface area (Å²) in [5.74, 6) is 0. The molecule has 0 amide bonds. The highest BCUT2D eigenvalue weighted by molar-refractivity contribution is 7.80. The van der Waals surface area contributed by atoms with Gasteiger partial charge in [0.2, 0.25) is 0 Å². The van der Waals surface area contributed by atoms with Crippen molar-refractivity contribution in [3.8, 4) is 0 Å². The number of hydrogen-bond donors (Lipinski definition) is 2. The minimum atomic E-state index is -1.06. The molecular weight excluding hydrogens is 134 g/mol. The second-order valence-corrected chi connectivity index (χ2v) is 1.22. The number of hydroxylamine groups is 1. The quantitative estimate of drug-likeness (QED) is 0.286. The van der Waals surface area contributed by atoms with E-state index in [1.54, 1.807) is 5.48 Å². The first-order valence-electron chi connectivity index (χ1n) is 1.49. The number of nitrogens with zero attached hydrogens (tertiary/aromatic N) is 1. The molecule has 6 nitrogen and oxygen atoms in total. The van der Waals surface area contributed by atoms with Gasteiger partial charge in [0.15, 0.2) is 5.11 Å². The van der Waals surface area contributed by atoms with Crippen LogP contribution in [-0.2, 0) is 4.94 Å². The summed E-state index contributed by atoms with van der Waals surface area (Å²) in [7, 11) is 0. The van der Waals surface area contributed by atoms with Crippen LogP contribution in [0.15, 0.2) is 0 Å². The van der Waals surface area contributed by atoms with Crippen molar-refractivity contribution < 1.29 is 10.0 Å². The van der Waals surface area contributed by atoms with Crippen LogP contribution >= 0.6 is 12.2 Å². The Morgan fingerprint density at radius 1 is 2.00 bits per heavy atom. The number of thiocarbonyl (C=S) groups is 1. The summed E-state index contributed by atoms with van der Waals surface area (Å²) in [6.45, 7) is 0. The number of nitrogens with one attached hydrogen (secondary N) is 1. The monoisotopic (exact) mass is 137 g/mol. The van der Waals surface area contributed by atoms with Crippen molar-refractivity contribution >= 4 is 17.3 Å². The number of hydrogen-bond acceptors (Lipinski definition) is 4. The van der Waals surface area contributed by atoms with E-state index in [2.05, 4.69) is 17.2 Å². The molecule has 0 aliphatic carbocycles. The van der Waals surface area contributed by atoms with Crippen molar-refractivity contribution in [2.45, 2.75) is 0 Å². The minimum absolute atomic E-state index is 0.276. The summed E-state index contributed by atoms with van der Waals surface area (Å²) >= 11 is 4.15. The largest absolute Gasteiger partial charge is 0.375 e. The Balaban J connectivity index is 3.18. The molecule has 0 fully saturated rings. The maximum absolute atomic E-state index is 9.31. The van der Waals surface area contributed by atoms with Crippen molar-refractivity contribution in [1.82, 2.24) is 5.48 Å². The Morgan fingerprint density at radius 3 is 2.62 bits per heavy atom. The zero-order chi connectivity index (χ0) is 6.57. The fourth-order valence-electron chi connectivity index (χ4n) is 0.0823. The van der Waals surface area contributed by atoms with E-state index in [0.717, 1.165) is 0 Å². The molecule has 0 aromatic heterocycles. The zero-order valence-corrected chi connectivity index (χ0v) is 4.47. The van der Waals surface area contributed by atoms with Gasteiger partial charge >= 0.3 is 5.09 Å². The van der Waals surface area contributed by atoms with Crippen LogP contribution in [0.4, 0.5) is 0 Å². The molecule has 0 aliphatic heterocycles. The molecule has 7 heteroatoms. The highest BCUT2D eigenvalue weighted by Crippen LogP contribution is 1.64. The summed E-state index contributed by atoms with van der Waals surface area (Å²) in [5, 5.41) is 7.98. The molecule has 0 aromatic rings. The summed E-state index contributed by atoms with van der Waals surface area (Å²) in [4.78, 5) is 12.8. The van der Waals surface area contributed by atoms with Gasteiger partial charge in [0.25, 0.3) is 0 Å². The SMILES string of the molecule is NC(=S)NO[N+](=O)[O-]. The summed E-state index contributed by atoms with van der Waals surface area (Å²) < 4.78 is 0. The first-order valence-corrected chi connectivity index (χ1v) is 1.90. The lowest BCUT2D eigenvalue weighted by Crippen LogP contribution is -2.31. The van der Waals surface area contributed by atoms with Crippen LogP contribution in [0.3, 0.4) is 0 Å². The van der Waals surface area contributed by atoms with Crippen molar-refractivity contribution in [3.05, 3.63) is 10.1 Å². The van der Waals surface area contributed by atoms with Crippen molar-refractivity contribution in [3.63, 3.8) is 0 Å². The van der Waals surface area contributed by atoms with E-state index >= 15 is 0 Å². The smallest absolute Gasteiger partial charge is 0.316 e. The molecule has 0 saturated carbocycles. The average Bonchev–Trinajstić information content (AvgIpc) is 1.61. The van der Waals surface area contributed by atoms with Crippen LogP contribution in [0.25, 0.3) is 0 Å². The molecule has 0 aliphatic rings. The Kier molecular flexibility index (Phi) is 2.56. The van der Waals surface area contributed by atoms with E-state index in [-0.39, 0.29) is 5.11 Å². The van der Waals surface area contributed by atoms with Gasteiger partial charge in [0, 0.05) is 0 Å². The zero-order valence-electron chi connectivity index (χ0n) is 3.66. The Labute approximate surface area is 49.7 Å². The van der Waals surface area contributed by atoms with Crippen molar-refractivity contribution in [1.29, 1.82) is 0 Å². The molecule has 0 radical (unpaired) electrons. The number of nitrogens with two attached hydrogens (primary N) is 1. The van der Waals surface area contributed by atoms with Gasteiger partial charge in [-0.2, -0.15) is 10.4 Å². The van der Waals surface area contributed by atoms with Gasteiger partial charge in [0.05, 0.1) is 0 Å². The predicted octanol–water partition coefficient (Wildman–Crippen LogP) is -1.06. The highest BCUT2D eigenvalue weighted by Gasteiger charge is 1.90. The predicted molar refractivity (Wildman–Crippen MR) is 28.0 cm³/mol. The maximum Gasteiger partial charge on any atom is 0.316 e. The molecule has 0 atom stereocenters. The van der Waals surface area contributed by atoms with Crippen LogP contribution in [0.1, 0.15) is 0 Å². The third-order valence-corrected chi connectivity index (χ3v) is 0.304. The van der Waals surface area contributed by atoms with E-state index in [1.807, 2.05) is 0 Å². The summed E-state index contributed by atoms with van der Waals surface area (Å²) in [6.07, 6.45) is 0. The maximum atomic E-state index is 9.31. The standard InChI is InChI=1S/CH3N3O3S/c2-1(8)3-7-4(5)6/h(H3,2,3,8). The van der Waals surface area contributed by atoms with Crippen LogP contribution < -0.4 is 11.2 Å². The van der Waals surface area contributed by atoms with E-state index < -0.39 is 5.09 Å². The first-order chi connectivity index (χ1) is 3.63. The Bertz CT molecular complexity index is 99.1. The average molecular weight is 137 g/mol. The fourth-order valence-corrected chi connectivity index (χ4v) is 0.120. The van der Waals surface area contributed by atoms with E-state index in [4.69, 9.17) is 5.73 Å². The van der Waals surface area contributed by atoms with E-state index in [1.165, 1.54) is 0 Å². The van der Waals surface area contributed by atoms with Crippen molar-refractivity contribution in [2.75, 3.05) is 0 Å². The second kappa shape index (κ2) is 2.97. The van der Waals surface area contributed by atoms with Crippen LogP contribution in [0.5, 0.6) is 0 Å². The molecule has 0 rings (SSSR count). The molecule has 0 spiro atoms. The van der Waals surface area contributed by atoms with E-state index in [9.17, 15) is 10.1 Å². The lowest BCUT2D eigenvalue weighted by atomic mass is 11.2. The molecule has 0 unspecified atom stereocenters. The second-order valence-electron chi connectivity index (χ2n) is 0.781. The molecule has 8 heavy (non-hydrogen) atoms. The topological polar surface area (TPSA) is 90.4 Å². The van der Waals surface area contributed by atoms with Crippen LogP contribution in [-0.4, -0.2) is 10.2 Å². The molecule has 0 saturated heterocycles. The van der Waals surface area contributed by atoms with Gasteiger partial charge in [0.1, 0.15) is 0 Å². The first kappa shape index (κ1) is 6.89. The molecule has 46 valence electrons. The van der Waals surface area contributed by atoms with Gasteiger partial charge in [-0.05, 0) is 12.2 Å². The molecule has 0 bridgehead atoms. The van der Waals surface area contributed by atoms with Crippen molar-refractivity contribution in [2.24, 2.45) is 5.73 Å². The molecule has 0 aromatic carbocycles. The van der Waals surface area contributed by atoms with Gasteiger partial charge in [-0.25, -0.2) is 0 Å². The lowest BCUT2D eigenvalue weighted by Gasteiger charge is -1.95. The van der Waals surface area contributed by atoms with Gasteiger partial charge in [-0.15, -0.1) is 10.1 Å². The molecule has 3 N–H and O–H groups in total. The third-order valence-electron chi connectivity index (χ3n) is 0.221. The summed E-state index contributed by atoms with van der Waals surface area (Å²) in [5.41, 5.74) is 6.39. The van der Waals surface area contributed by atoms with Gasteiger partial charge in [-0.3, -0.25) is 0 Å². The fraction of sp³-hybridized carbons (Fsp3) is 0. The molecule has 0 heterocycles. The van der Waals surface area contributed by atoms with Crippen LogP contribution in [0, 0.1) is 10.1 Å².